The molecule has 2 N–H and O–H groups in total. The summed E-state index contributed by atoms with van der Waals surface area (Å²) in [5, 5.41) is 11.6. The van der Waals surface area contributed by atoms with Gasteiger partial charge in [0.2, 0.25) is 0 Å². The second-order valence-electron chi connectivity index (χ2n) is 7.22. The number of pyridine rings is 2. The van der Waals surface area contributed by atoms with Crippen LogP contribution in [0.1, 0.15) is 0 Å². The van der Waals surface area contributed by atoms with Crippen LogP contribution in [0.5, 0.6) is 0 Å². The molecule has 5 aromatic heterocycles. The molecule has 150 valence electrons. The monoisotopic (exact) mass is 410 g/mol. The van der Waals surface area contributed by atoms with E-state index in [1.165, 1.54) is 12.1 Å². The van der Waals surface area contributed by atoms with Gasteiger partial charge in [-0.05, 0) is 35.9 Å². The summed E-state index contributed by atoms with van der Waals surface area (Å²) in [6.45, 7) is 0. The van der Waals surface area contributed by atoms with Gasteiger partial charge in [0.25, 0.3) is 0 Å². The lowest BCUT2D eigenvalue weighted by Crippen LogP contribution is -1.87. The van der Waals surface area contributed by atoms with Gasteiger partial charge in [-0.15, -0.1) is 0 Å². The molecule has 6 rings (SSSR count). The van der Waals surface area contributed by atoms with Crippen LogP contribution in [0.15, 0.2) is 61.1 Å². The molecule has 31 heavy (non-hydrogen) atoms. The molecule has 0 bridgehead atoms. The molecule has 9 heteroatoms. The van der Waals surface area contributed by atoms with Crippen LogP contribution in [0.3, 0.4) is 0 Å². The molecule has 0 saturated heterocycles. The first-order valence-electron chi connectivity index (χ1n) is 9.61. The van der Waals surface area contributed by atoms with Crippen molar-refractivity contribution in [3.05, 3.63) is 66.9 Å². The van der Waals surface area contributed by atoms with Crippen LogP contribution >= 0.6 is 0 Å². The van der Waals surface area contributed by atoms with Crippen molar-refractivity contribution in [2.24, 2.45) is 7.05 Å². The topological polar surface area (TPSA) is 101 Å². The zero-order valence-corrected chi connectivity index (χ0v) is 16.3. The molecule has 0 amide bonds. The van der Waals surface area contributed by atoms with Gasteiger partial charge in [-0.2, -0.15) is 10.2 Å². The Morgan fingerprint density at radius 2 is 1.97 bits per heavy atom. The molecule has 0 atom stereocenters. The molecule has 8 nitrogen and oxygen atoms in total. The number of H-pyrrole nitrogens is 2. The fraction of sp³-hybridized carbons (Fsp3) is 0.0455. The Balaban J connectivity index is 1.51. The lowest BCUT2D eigenvalue weighted by molar-refractivity contribution is 0.628. The van der Waals surface area contributed by atoms with Gasteiger partial charge >= 0.3 is 0 Å². The minimum atomic E-state index is -0.298. The number of nitrogens with zero attached hydrogens (tertiary/aromatic N) is 6. The van der Waals surface area contributed by atoms with Crippen molar-refractivity contribution < 1.29 is 4.39 Å². The third-order valence-electron chi connectivity index (χ3n) is 5.16. The van der Waals surface area contributed by atoms with E-state index in [-0.39, 0.29) is 5.82 Å². The van der Waals surface area contributed by atoms with E-state index in [9.17, 15) is 4.39 Å². The van der Waals surface area contributed by atoms with Crippen LogP contribution in [-0.4, -0.2) is 39.9 Å². The van der Waals surface area contributed by atoms with Gasteiger partial charge in [0, 0.05) is 30.6 Å². The van der Waals surface area contributed by atoms with Crippen molar-refractivity contribution in [2.75, 3.05) is 0 Å². The quantitative estimate of drug-likeness (QED) is 0.457. The first kappa shape index (κ1) is 17.5. The summed E-state index contributed by atoms with van der Waals surface area (Å²) in [4.78, 5) is 17.1. The number of hydrogen-bond acceptors (Lipinski definition) is 5. The average molecular weight is 410 g/mol. The Hall–Kier alpha value is -4.40. The van der Waals surface area contributed by atoms with Crippen LogP contribution < -0.4 is 0 Å². The number of fused-ring (bicyclic) bond motifs is 2. The van der Waals surface area contributed by atoms with E-state index in [0.717, 1.165) is 27.9 Å². The van der Waals surface area contributed by atoms with Gasteiger partial charge in [0.1, 0.15) is 11.3 Å². The van der Waals surface area contributed by atoms with Crippen LogP contribution in [-0.2, 0) is 7.05 Å². The fourth-order valence-electron chi connectivity index (χ4n) is 3.70. The zero-order valence-electron chi connectivity index (χ0n) is 16.3. The molecule has 0 unspecified atom stereocenters. The number of aromatic nitrogens is 8. The van der Waals surface area contributed by atoms with Crippen LogP contribution in [0.4, 0.5) is 4.39 Å². The molecule has 6 aromatic rings. The number of aromatic amines is 2. The van der Waals surface area contributed by atoms with Gasteiger partial charge in [-0.3, -0.25) is 9.78 Å². The Kier molecular flexibility index (Phi) is 3.69. The van der Waals surface area contributed by atoms with Gasteiger partial charge < -0.3 is 4.98 Å². The summed E-state index contributed by atoms with van der Waals surface area (Å²) in [5.41, 5.74) is 6.56. The van der Waals surface area contributed by atoms with Gasteiger partial charge in [0.15, 0.2) is 17.2 Å². The molecule has 1 aromatic carbocycles. The Labute approximate surface area is 174 Å². The van der Waals surface area contributed by atoms with Crippen molar-refractivity contribution in [3.8, 4) is 33.9 Å². The molecule has 0 aliphatic carbocycles. The number of aryl methyl sites for hydroxylation is 1. The van der Waals surface area contributed by atoms with Crippen LogP contribution in [0, 0.1) is 5.82 Å². The normalized spacial score (nSPS) is 11.5. The van der Waals surface area contributed by atoms with Crippen molar-refractivity contribution in [1.82, 2.24) is 39.9 Å². The van der Waals surface area contributed by atoms with E-state index in [0.29, 0.717) is 28.2 Å². The molecular weight excluding hydrogens is 395 g/mol. The number of rotatable bonds is 3. The van der Waals surface area contributed by atoms with E-state index in [2.05, 4.69) is 30.2 Å². The third kappa shape index (κ3) is 2.86. The highest BCUT2D eigenvalue weighted by Gasteiger charge is 2.17. The second kappa shape index (κ2) is 6.56. The predicted molar refractivity (Wildman–Crippen MR) is 114 cm³/mol. The van der Waals surface area contributed by atoms with Gasteiger partial charge in [0.05, 0.1) is 22.9 Å². The summed E-state index contributed by atoms with van der Waals surface area (Å²) >= 11 is 0. The van der Waals surface area contributed by atoms with E-state index < -0.39 is 0 Å². The Bertz CT molecular complexity index is 1580. The fourth-order valence-corrected chi connectivity index (χ4v) is 3.70. The van der Waals surface area contributed by atoms with Crippen molar-refractivity contribution >= 4 is 22.2 Å². The van der Waals surface area contributed by atoms with Crippen LogP contribution in [0.25, 0.3) is 56.1 Å². The molecule has 0 spiro atoms. The molecule has 0 fully saturated rings. The Morgan fingerprint density at radius 3 is 2.81 bits per heavy atom. The smallest absolute Gasteiger partial charge is 0.178 e. The first-order valence-corrected chi connectivity index (χ1v) is 9.61. The maximum Gasteiger partial charge on any atom is 0.178 e. The maximum absolute atomic E-state index is 13.8. The summed E-state index contributed by atoms with van der Waals surface area (Å²) < 4.78 is 15.5. The van der Waals surface area contributed by atoms with E-state index in [1.807, 2.05) is 37.5 Å². The third-order valence-corrected chi connectivity index (χ3v) is 5.16. The van der Waals surface area contributed by atoms with Crippen molar-refractivity contribution in [3.63, 3.8) is 0 Å². The van der Waals surface area contributed by atoms with E-state index in [4.69, 9.17) is 4.98 Å². The Morgan fingerprint density at radius 1 is 1.03 bits per heavy atom. The molecule has 0 saturated carbocycles. The number of imidazole rings is 1. The minimum absolute atomic E-state index is 0.298. The average Bonchev–Trinajstić information content (AvgIpc) is 3.50. The lowest BCUT2D eigenvalue weighted by Gasteiger charge is -2.02. The number of nitrogens with one attached hydrogen (secondary N) is 2. The molecule has 0 aliphatic heterocycles. The molecule has 0 radical (unpaired) electrons. The number of hydrogen-bond donors (Lipinski definition) is 2. The van der Waals surface area contributed by atoms with Crippen LogP contribution in [0.2, 0.25) is 0 Å². The largest absolute Gasteiger partial charge is 0.335 e. The van der Waals surface area contributed by atoms with Crippen molar-refractivity contribution in [1.29, 1.82) is 0 Å². The molecular formula is C22H15FN8. The first-order chi connectivity index (χ1) is 15.2. The molecule has 5 heterocycles. The zero-order chi connectivity index (χ0) is 20.9. The standard InChI is InChI=1S/C22H15FN8/c1-31-11-13(10-25-31)16-5-6-17-19(26-16)20(30-29-17)22-27-18-15(7-8-24-21(18)28-22)12-3-2-4-14(23)9-12/h2-11H,1H3,(H,29,30)(H,24,27,28). The summed E-state index contributed by atoms with van der Waals surface area (Å²) in [5.74, 6) is 0.237. The highest BCUT2D eigenvalue weighted by atomic mass is 19.1. The van der Waals surface area contributed by atoms with E-state index in [1.54, 1.807) is 23.1 Å². The number of benzene rings is 1. The van der Waals surface area contributed by atoms with Gasteiger partial charge in [-0.1, -0.05) is 12.1 Å². The highest BCUT2D eigenvalue weighted by Crippen LogP contribution is 2.31. The second-order valence-corrected chi connectivity index (χ2v) is 7.22. The SMILES string of the molecule is Cn1cc(-c2ccc3[nH]nc(-c4nc5nccc(-c6cccc(F)c6)c5[nH]4)c3n2)cn1. The van der Waals surface area contributed by atoms with Crippen molar-refractivity contribution in [2.45, 2.75) is 0 Å². The molecule has 0 aliphatic rings. The number of halogens is 1. The maximum atomic E-state index is 13.8. The predicted octanol–water partition coefficient (Wildman–Crippen LogP) is 4.10. The summed E-state index contributed by atoms with van der Waals surface area (Å²) in [6, 6.07) is 12.1. The minimum Gasteiger partial charge on any atom is -0.335 e. The van der Waals surface area contributed by atoms with Gasteiger partial charge in [-0.25, -0.2) is 19.3 Å². The highest BCUT2D eigenvalue weighted by molar-refractivity contribution is 5.94. The van der Waals surface area contributed by atoms with E-state index >= 15 is 0 Å². The summed E-state index contributed by atoms with van der Waals surface area (Å²) in [6.07, 6.45) is 5.34. The lowest BCUT2D eigenvalue weighted by atomic mass is 10.1. The summed E-state index contributed by atoms with van der Waals surface area (Å²) in [7, 11) is 1.86.